The van der Waals surface area contributed by atoms with Gasteiger partial charge in [0.2, 0.25) is 5.91 Å². The number of carbonyl (C=O) groups excluding carboxylic acids is 2. The summed E-state index contributed by atoms with van der Waals surface area (Å²) in [5.74, 6) is -1.56. The number of hydrogen-bond acceptors (Lipinski definition) is 5. The van der Waals surface area contributed by atoms with E-state index in [-0.39, 0.29) is 24.5 Å². The minimum Gasteiger partial charge on any atom is -0.455 e. The van der Waals surface area contributed by atoms with E-state index >= 15 is 0 Å². The molecule has 0 saturated carbocycles. The van der Waals surface area contributed by atoms with Crippen molar-refractivity contribution in [1.29, 1.82) is 0 Å². The van der Waals surface area contributed by atoms with Gasteiger partial charge < -0.3 is 10.1 Å². The third-order valence-electron chi connectivity index (χ3n) is 3.74. The first-order chi connectivity index (χ1) is 13.5. The second-order valence-corrected chi connectivity index (χ2v) is 7.73. The van der Waals surface area contributed by atoms with Crippen LogP contribution in [0.25, 0.3) is 0 Å². The van der Waals surface area contributed by atoms with Crippen LogP contribution in [-0.2, 0) is 29.1 Å². The zero-order chi connectivity index (χ0) is 19.9. The number of carbonyl (C=O) groups is 2. The largest absolute Gasteiger partial charge is 0.455 e. The average molecular weight is 463 g/mol. The molecule has 144 valence electrons. The summed E-state index contributed by atoms with van der Waals surface area (Å²) in [7, 11) is 0. The fourth-order valence-electron chi connectivity index (χ4n) is 2.36. The van der Waals surface area contributed by atoms with Crippen LogP contribution in [0, 0.1) is 5.82 Å². The zero-order valence-corrected chi connectivity index (χ0v) is 17.1. The van der Waals surface area contributed by atoms with Crippen molar-refractivity contribution in [3.63, 3.8) is 0 Å². The van der Waals surface area contributed by atoms with Gasteiger partial charge in [0.1, 0.15) is 17.4 Å². The van der Waals surface area contributed by atoms with Crippen LogP contribution in [0.3, 0.4) is 0 Å². The van der Waals surface area contributed by atoms with E-state index in [1.165, 1.54) is 29.5 Å². The number of ether oxygens (including phenoxy) is 1. The zero-order valence-electron chi connectivity index (χ0n) is 14.7. The van der Waals surface area contributed by atoms with Crippen LogP contribution in [0.2, 0.25) is 0 Å². The Morgan fingerprint density at radius 1 is 1.18 bits per heavy atom. The molecule has 3 aromatic rings. The maximum Gasteiger partial charge on any atom is 0.341 e. The Balaban J connectivity index is 1.49. The summed E-state index contributed by atoms with van der Waals surface area (Å²) in [6.45, 7) is 0.362. The molecule has 1 N–H and O–H groups in total. The molecule has 0 bridgehead atoms. The van der Waals surface area contributed by atoms with E-state index in [2.05, 4.69) is 26.2 Å². The third kappa shape index (κ3) is 5.71. The molecule has 5 nitrogen and oxygen atoms in total. The normalized spacial score (nSPS) is 10.5. The van der Waals surface area contributed by atoms with E-state index in [0.717, 1.165) is 5.56 Å². The second kappa shape index (κ2) is 9.57. The summed E-state index contributed by atoms with van der Waals surface area (Å²) < 4.78 is 19.4. The minimum absolute atomic E-state index is 0.0904. The molecule has 8 heteroatoms. The second-order valence-electron chi connectivity index (χ2n) is 5.87. The van der Waals surface area contributed by atoms with Crippen molar-refractivity contribution in [1.82, 2.24) is 10.3 Å². The van der Waals surface area contributed by atoms with Gasteiger partial charge in [-0.05, 0) is 23.8 Å². The highest BCUT2D eigenvalue weighted by molar-refractivity contribution is 9.10. The molecular weight excluding hydrogens is 447 g/mol. The Hall–Kier alpha value is -2.58. The lowest BCUT2D eigenvalue weighted by molar-refractivity contribution is -0.120. The summed E-state index contributed by atoms with van der Waals surface area (Å²) in [4.78, 5) is 28.4. The maximum absolute atomic E-state index is 13.7. The summed E-state index contributed by atoms with van der Waals surface area (Å²) in [6, 6.07) is 13.7. The fraction of sp³-hybridized carbons (Fsp3) is 0.150. The molecule has 0 aliphatic heterocycles. The number of halogens is 2. The lowest BCUT2D eigenvalue weighted by Crippen LogP contribution is -2.24. The molecule has 0 spiro atoms. The van der Waals surface area contributed by atoms with Crippen molar-refractivity contribution in [2.45, 2.75) is 19.6 Å². The fourth-order valence-corrected chi connectivity index (χ4v) is 3.50. The Labute approximate surface area is 173 Å². The van der Waals surface area contributed by atoms with Crippen LogP contribution in [0.5, 0.6) is 0 Å². The number of amides is 1. The monoisotopic (exact) mass is 462 g/mol. The van der Waals surface area contributed by atoms with Gasteiger partial charge in [-0.25, -0.2) is 14.2 Å². The number of hydrogen-bond donors (Lipinski definition) is 1. The summed E-state index contributed by atoms with van der Waals surface area (Å²) in [6.07, 6.45) is 0.145. The van der Waals surface area contributed by atoms with E-state index in [4.69, 9.17) is 4.74 Å². The standard InChI is InChI=1S/C20H16BrFN2O3S/c21-14-6-7-17(22)16(8-14)20(26)27-11-15-12-28-19(24-15)9-18(25)23-10-13-4-2-1-3-5-13/h1-8,12H,9-11H2,(H,23,25). The maximum atomic E-state index is 13.7. The van der Waals surface area contributed by atoms with Gasteiger partial charge >= 0.3 is 5.97 Å². The van der Waals surface area contributed by atoms with E-state index in [1.54, 1.807) is 5.38 Å². The Bertz CT molecular complexity index is 979. The first-order valence-corrected chi connectivity index (χ1v) is 10.0. The number of rotatable bonds is 7. The van der Waals surface area contributed by atoms with Crippen molar-refractivity contribution in [2.75, 3.05) is 0 Å². The smallest absolute Gasteiger partial charge is 0.341 e. The number of aromatic nitrogens is 1. The highest BCUT2D eigenvalue weighted by atomic mass is 79.9. The predicted octanol–water partition coefficient (Wildman–Crippen LogP) is 4.26. The summed E-state index contributed by atoms with van der Waals surface area (Å²) in [5, 5.41) is 5.16. The van der Waals surface area contributed by atoms with Gasteiger partial charge in [-0.1, -0.05) is 46.3 Å². The molecule has 0 atom stereocenters. The highest BCUT2D eigenvalue weighted by Crippen LogP contribution is 2.18. The van der Waals surface area contributed by atoms with Crippen LogP contribution in [0.4, 0.5) is 4.39 Å². The van der Waals surface area contributed by atoms with Crippen LogP contribution < -0.4 is 5.32 Å². The molecule has 0 aliphatic rings. The van der Waals surface area contributed by atoms with Gasteiger partial charge in [-0.3, -0.25) is 4.79 Å². The number of esters is 1. The SMILES string of the molecule is O=C(Cc1nc(COC(=O)c2cc(Br)ccc2F)cs1)NCc1ccccc1. The number of benzene rings is 2. The van der Waals surface area contributed by atoms with Crippen molar-refractivity contribution in [3.8, 4) is 0 Å². The third-order valence-corrected chi connectivity index (χ3v) is 5.13. The van der Waals surface area contributed by atoms with E-state index in [0.29, 0.717) is 21.7 Å². The van der Waals surface area contributed by atoms with Gasteiger partial charge in [0.15, 0.2) is 0 Å². The van der Waals surface area contributed by atoms with Crippen LogP contribution >= 0.6 is 27.3 Å². The van der Waals surface area contributed by atoms with Crippen molar-refractivity contribution >= 4 is 39.1 Å². The number of thiazole rings is 1. The summed E-state index contributed by atoms with van der Waals surface area (Å²) in [5.41, 5.74) is 1.38. The lowest BCUT2D eigenvalue weighted by Gasteiger charge is -2.05. The van der Waals surface area contributed by atoms with Gasteiger partial charge in [0.25, 0.3) is 0 Å². The molecular formula is C20H16BrFN2O3S. The molecule has 1 aromatic heterocycles. The molecule has 0 saturated heterocycles. The van der Waals surface area contributed by atoms with Gasteiger partial charge in [0.05, 0.1) is 17.7 Å². The lowest BCUT2D eigenvalue weighted by atomic mass is 10.2. The number of nitrogens with zero attached hydrogens (tertiary/aromatic N) is 1. The number of nitrogens with one attached hydrogen (secondary N) is 1. The van der Waals surface area contributed by atoms with Crippen LogP contribution in [0.1, 0.15) is 26.6 Å². The topological polar surface area (TPSA) is 68.3 Å². The molecule has 3 rings (SSSR count). The molecule has 1 heterocycles. The molecule has 0 unspecified atom stereocenters. The molecule has 1 amide bonds. The molecule has 2 aromatic carbocycles. The van der Waals surface area contributed by atoms with Gasteiger partial charge in [-0.2, -0.15) is 0 Å². The van der Waals surface area contributed by atoms with Gasteiger partial charge in [0, 0.05) is 16.4 Å². The van der Waals surface area contributed by atoms with Crippen LogP contribution in [-0.4, -0.2) is 16.9 Å². The Morgan fingerprint density at radius 3 is 2.75 bits per heavy atom. The average Bonchev–Trinajstić information content (AvgIpc) is 3.14. The van der Waals surface area contributed by atoms with E-state index in [9.17, 15) is 14.0 Å². The van der Waals surface area contributed by atoms with Crippen molar-refractivity contribution in [2.24, 2.45) is 0 Å². The van der Waals surface area contributed by atoms with Crippen LogP contribution in [0.15, 0.2) is 58.4 Å². The van der Waals surface area contributed by atoms with Crippen molar-refractivity contribution < 1.29 is 18.7 Å². The predicted molar refractivity (Wildman–Crippen MR) is 107 cm³/mol. The Kier molecular flexibility index (Phi) is 6.89. The molecule has 0 aliphatic carbocycles. The van der Waals surface area contributed by atoms with Gasteiger partial charge in [-0.15, -0.1) is 11.3 Å². The quantitative estimate of drug-likeness (QED) is 0.532. The van der Waals surface area contributed by atoms with E-state index in [1.807, 2.05) is 30.3 Å². The molecule has 0 radical (unpaired) electrons. The first-order valence-electron chi connectivity index (χ1n) is 8.37. The van der Waals surface area contributed by atoms with E-state index < -0.39 is 11.8 Å². The summed E-state index contributed by atoms with van der Waals surface area (Å²) >= 11 is 4.50. The molecule has 28 heavy (non-hydrogen) atoms. The minimum atomic E-state index is -0.769. The van der Waals surface area contributed by atoms with Crippen molar-refractivity contribution in [3.05, 3.63) is 86.0 Å². The first kappa shape index (κ1) is 20.2. The molecule has 0 fully saturated rings. The highest BCUT2D eigenvalue weighted by Gasteiger charge is 2.15. The Morgan fingerprint density at radius 2 is 1.96 bits per heavy atom.